The van der Waals surface area contributed by atoms with Crippen LogP contribution in [0.3, 0.4) is 0 Å². The van der Waals surface area contributed by atoms with E-state index in [0.717, 1.165) is 0 Å². The van der Waals surface area contributed by atoms with Crippen molar-refractivity contribution in [1.29, 1.82) is 0 Å². The Balaban J connectivity index is 1.33. The fraction of sp³-hybridized carbons (Fsp3) is 0.348. The maximum atomic E-state index is 14.3. The number of nitrogens with zero attached hydrogens (tertiary/aromatic N) is 5. The van der Waals surface area contributed by atoms with Crippen molar-refractivity contribution >= 4 is 28.5 Å². The third-order valence-electron chi connectivity index (χ3n) is 6.39. The van der Waals surface area contributed by atoms with Crippen LogP contribution in [0.4, 0.5) is 28.0 Å². The van der Waals surface area contributed by atoms with Gasteiger partial charge in [-0.05, 0) is 30.7 Å². The van der Waals surface area contributed by atoms with Crippen LogP contribution >= 0.6 is 0 Å². The number of para-hydroxylation sites is 1. The zero-order valence-corrected chi connectivity index (χ0v) is 18.0. The Morgan fingerprint density at radius 1 is 1.03 bits per heavy atom. The molecule has 3 amide bonds. The van der Waals surface area contributed by atoms with E-state index in [9.17, 15) is 27.2 Å². The van der Waals surface area contributed by atoms with E-state index in [1.54, 1.807) is 42.6 Å². The summed E-state index contributed by atoms with van der Waals surface area (Å²) in [6.07, 6.45) is -2.90. The molecule has 2 fully saturated rings. The molecule has 3 heterocycles. The predicted molar refractivity (Wildman–Crippen MR) is 116 cm³/mol. The molecule has 0 aliphatic carbocycles. The Hall–Kier alpha value is -3.63. The summed E-state index contributed by atoms with van der Waals surface area (Å²) in [6.45, 7) is -0.0451. The van der Waals surface area contributed by atoms with Gasteiger partial charge in [-0.2, -0.15) is 18.3 Å². The molecule has 1 aromatic heterocycles. The van der Waals surface area contributed by atoms with Gasteiger partial charge >= 0.3 is 12.2 Å². The smallest absolute Gasteiger partial charge is 0.341 e. The van der Waals surface area contributed by atoms with Crippen LogP contribution in [0.2, 0.25) is 0 Å². The van der Waals surface area contributed by atoms with Gasteiger partial charge in [0.25, 0.3) is 0 Å². The third kappa shape index (κ3) is 3.84. The van der Waals surface area contributed by atoms with E-state index in [-0.39, 0.29) is 38.3 Å². The first kappa shape index (κ1) is 22.2. The van der Waals surface area contributed by atoms with Crippen LogP contribution in [0.15, 0.2) is 48.7 Å². The van der Waals surface area contributed by atoms with E-state index in [4.69, 9.17) is 0 Å². The van der Waals surface area contributed by atoms with Crippen molar-refractivity contribution in [3.8, 4) is 5.69 Å². The van der Waals surface area contributed by atoms with E-state index in [2.05, 4.69) is 5.10 Å². The Labute approximate surface area is 192 Å². The van der Waals surface area contributed by atoms with E-state index >= 15 is 0 Å². The lowest BCUT2D eigenvalue weighted by atomic mass is 10.1. The summed E-state index contributed by atoms with van der Waals surface area (Å²) in [7, 11) is 0. The number of hydrogen-bond donors (Lipinski definition) is 0. The van der Waals surface area contributed by atoms with Crippen molar-refractivity contribution in [3.63, 3.8) is 0 Å². The van der Waals surface area contributed by atoms with Crippen molar-refractivity contribution < 1.29 is 27.2 Å². The lowest BCUT2D eigenvalue weighted by Gasteiger charge is -2.22. The summed E-state index contributed by atoms with van der Waals surface area (Å²) >= 11 is 0. The number of halogens is 4. The highest BCUT2D eigenvalue weighted by Gasteiger charge is 2.45. The van der Waals surface area contributed by atoms with Gasteiger partial charge in [0, 0.05) is 31.6 Å². The molecule has 0 unspecified atom stereocenters. The number of anilines is 1. The number of benzene rings is 2. The first-order valence-electron chi connectivity index (χ1n) is 10.9. The quantitative estimate of drug-likeness (QED) is 0.539. The van der Waals surface area contributed by atoms with Crippen LogP contribution in [0.25, 0.3) is 16.6 Å². The van der Waals surface area contributed by atoms with Crippen molar-refractivity contribution in [2.45, 2.75) is 12.6 Å². The second-order valence-corrected chi connectivity index (χ2v) is 8.44. The fourth-order valence-corrected chi connectivity index (χ4v) is 4.56. The first-order chi connectivity index (χ1) is 16.2. The lowest BCUT2D eigenvalue weighted by molar-refractivity contribution is -0.171. The van der Waals surface area contributed by atoms with Gasteiger partial charge in [-0.3, -0.25) is 9.69 Å². The average Bonchev–Trinajstić information content (AvgIpc) is 3.53. The van der Waals surface area contributed by atoms with Crippen LogP contribution in [0, 0.1) is 11.7 Å². The van der Waals surface area contributed by atoms with Gasteiger partial charge in [-0.1, -0.05) is 18.2 Å². The molecule has 0 saturated carbocycles. The van der Waals surface area contributed by atoms with Crippen molar-refractivity contribution in [2.24, 2.45) is 5.92 Å². The number of alkyl halides is 3. The normalized spacial score (nSPS) is 19.0. The summed E-state index contributed by atoms with van der Waals surface area (Å²) < 4.78 is 54.5. The number of carbonyl (C=O) groups excluding carboxylic acids is 2. The topological polar surface area (TPSA) is 61.7 Å². The van der Waals surface area contributed by atoms with Gasteiger partial charge in [0.15, 0.2) is 0 Å². The molecular weight excluding hydrogens is 454 g/mol. The minimum Gasteiger partial charge on any atom is -0.341 e. The molecule has 3 aromatic rings. The number of rotatable bonds is 4. The monoisotopic (exact) mass is 475 g/mol. The SMILES string of the molecule is O=C(CN1CCN(c2cccc3c2cnn3-c2ccccc2F)C1=O)N1CC[C@H](C(F)(F)F)C1. The molecule has 11 heteroatoms. The maximum absolute atomic E-state index is 14.3. The van der Waals surface area contributed by atoms with Crippen molar-refractivity contribution in [3.05, 3.63) is 54.5 Å². The van der Waals surface area contributed by atoms with Crippen LogP contribution in [0.1, 0.15) is 6.42 Å². The van der Waals surface area contributed by atoms with Gasteiger partial charge in [-0.25, -0.2) is 13.9 Å². The number of fused-ring (bicyclic) bond motifs is 1. The summed E-state index contributed by atoms with van der Waals surface area (Å²) in [5.74, 6) is -2.45. The van der Waals surface area contributed by atoms with Gasteiger partial charge in [0.1, 0.15) is 18.0 Å². The highest BCUT2D eigenvalue weighted by molar-refractivity contribution is 6.04. The predicted octanol–water partition coefficient (Wildman–Crippen LogP) is 3.82. The van der Waals surface area contributed by atoms with E-state index in [0.29, 0.717) is 23.1 Å². The summed E-state index contributed by atoms with van der Waals surface area (Å²) in [5, 5.41) is 4.94. The molecule has 0 radical (unpaired) electrons. The summed E-state index contributed by atoms with van der Waals surface area (Å²) in [6, 6.07) is 11.1. The number of hydrogen-bond acceptors (Lipinski definition) is 3. The number of carbonyl (C=O) groups is 2. The molecule has 2 saturated heterocycles. The number of aromatic nitrogens is 2. The minimum atomic E-state index is -4.33. The number of likely N-dealkylation sites (tertiary alicyclic amines) is 1. The lowest BCUT2D eigenvalue weighted by Crippen LogP contribution is -2.42. The van der Waals surface area contributed by atoms with Crippen molar-refractivity contribution in [2.75, 3.05) is 37.6 Å². The zero-order valence-electron chi connectivity index (χ0n) is 18.0. The molecule has 2 aromatic carbocycles. The van der Waals surface area contributed by atoms with Gasteiger partial charge < -0.3 is 9.80 Å². The molecule has 1 atom stereocenters. The van der Waals surface area contributed by atoms with Crippen molar-refractivity contribution in [1.82, 2.24) is 19.6 Å². The summed E-state index contributed by atoms with van der Waals surface area (Å²) in [4.78, 5) is 29.6. The Morgan fingerprint density at radius 3 is 2.53 bits per heavy atom. The second kappa shape index (κ2) is 8.30. The van der Waals surface area contributed by atoms with Gasteiger partial charge in [-0.15, -0.1) is 0 Å². The number of urea groups is 1. The van der Waals surface area contributed by atoms with Crippen LogP contribution in [-0.4, -0.2) is 70.4 Å². The standard InChI is InChI=1S/C23H21F4N5O2/c24-17-4-1-2-5-20(17)32-19-7-3-6-18(16(19)12-28-32)31-11-10-30(22(31)34)14-21(33)29-9-8-15(13-29)23(25,26)27/h1-7,12,15H,8-11,13-14H2/t15-/m0/s1. The van der Waals surface area contributed by atoms with Crippen LogP contribution in [0.5, 0.6) is 0 Å². The Bertz CT molecular complexity index is 1260. The molecule has 7 nitrogen and oxygen atoms in total. The zero-order chi connectivity index (χ0) is 24.0. The highest BCUT2D eigenvalue weighted by atomic mass is 19.4. The molecular formula is C23H21F4N5O2. The minimum absolute atomic E-state index is 0.0310. The molecule has 178 valence electrons. The Kier molecular flexibility index (Phi) is 5.41. The molecule has 0 spiro atoms. The van der Waals surface area contributed by atoms with Crippen LogP contribution in [-0.2, 0) is 4.79 Å². The van der Waals surface area contributed by atoms with E-state index in [1.165, 1.54) is 25.4 Å². The molecule has 5 rings (SSSR count). The Morgan fingerprint density at radius 2 is 1.79 bits per heavy atom. The van der Waals surface area contributed by atoms with Crippen LogP contribution < -0.4 is 4.90 Å². The molecule has 0 N–H and O–H groups in total. The second-order valence-electron chi connectivity index (χ2n) is 8.44. The first-order valence-corrected chi connectivity index (χ1v) is 10.9. The summed E-state index contributed by atoms with van der Waals surface area (Å²) in [5.41, 5.74) is 1.45. The fourth-order valence-electron chi connectivity index (χ4n) is 4.56. The van der Waals surface area contributed by atoms with Gasteiger partial charge in [0.2, 0.25) is 5.91 Å². The third-order valence-corrected chi connectivity index (χ3v) is 6.39. The molecule has 0 bridgehead atoms. The van der Waals surface area contributed by atoms with Gasteiger partial charge in [0.05, 0.1) is 23.3 Å². The van der Waals surface area contributed by atoms with E-state index < -0.39 is 29.8 Å². The number of amides is 3. The molecule has 34 heavy (non-hydrogen) atoms. The van der Waals surface area contributed by atoms with E-state index in [1.807, 2.05) is 0 Å². The largest absolute Gasteiger partial charge is 0.393 e. The highest BCUT2D eigenvalue weighted by Crippen LogP contribution is 2.34. The maximum Gasteiger partial charge on any atom is 0.393 e. The average molecular weight is 475 g/mol. The molecule has 2 aliphatic heterocycles. The molecule has 2 aliphatic rings.